The highest BCUT2D eigenvalue weighted by Gasteiger charge is 2.19. The maximum atomic E-state index is 14.0. The lowest BCUT2D eigenvalue weighted by Crippen LogP contribution is -2.07. The minimum absolute atomic E-state index is 0.0311. The van der Waals surface area contributed by atoms with E-state index in [1.807, 2.05) is 0 Å². The molecular weight excluding hydrogens is 286 g/mol. The van der Waals surface area contributed by atoms with Crippen molar-refractivity contribution in [3.8, 4) is 5.75 Å². The van der Waals surface area contributed by atoms with Gasteiger partial charge in [-0.15, -0.1) is 0 Å². The van der Waals surface area contributed by atoms with Gasteiger partial charge < -0.3 is 9.84 Å². The van der Waals surface area contributed by atoms with Crippen LogP contribution in [0.3, 0.4) is 0 Å². The highest BCUT2D eigenvalue weighted by atomic mass is 35.5. The average molecular weight is 299 g/mol. The van der Waals surface area contributed by atoms with Crippen molar-refractivity contribution in [2.75, 3.05) is 7.11 Å². The van der Waals surface area contributed by atoms with Crippen LogP contribution in [0.5, 0.6) is 5.75 Å². The molecule has 1 unspecified atom stereocenters. The molecule has 1 N–H and O–H groups in total. The van der Waals surface area contributed by atoms with E-state index in [9.17, 15) is 13.9 Å². The summed E-state index contributed by atoms with van der Waals surface area (Å²) in [5.41, 5.74) is 0.201. The summed E-state index contributed by atoms with van der Waals surface area (Å²) in [5.74, 6) is -1.11. The van der Waals surface area contributed by atoms with E-state index < -0.39 is 17.7 Å². The molecule has 0 spiro atoms. The normalized spacial score (nSPS) is 12.2. The lowest BCUT2D eigenvalue weighted by atomic mass is 10.0. The zero-order valence-electron chi connectivity index (χ0n) is 10.7. The van der Waals surface area contributed by atoms with Crippen LogP contribution in [0.15, 0.2) is 36.4 Å². The number of aliphatic hydroxyl groups excluding tert-OH is 1. The fourth-order valence-electron chi connectivity index (χ4n) is 2.01. The maximum Gasteiger partial charge on any atom is 0.168 e. The minimum atomic E-state index is -1.23. The van der Waals surface area contributed by atoms with Crippen LogP contribution in [0.2, 0.25) is 5.02 Å². The van der Waals surface area contributed by atoms with Crippen LogP contribution in [-0.4, -0.2) is 12.2 Å². The van der Waals surface area contributed by atoms with Crippen LogP contribution in [0.25, 0.3) is 0 Å². The van der Waals surface area contributed by atoms with Crippen molar-refractivity contribution in [3.63, 3.8) is 0 Å². The van der Waals surface area contributed by atoms with Gasteiger partial charge in [-0.2, -0.15) is 0 Å². The Morgan fingerprint density at radius 2 is 1.90 bits per heavy atom. The van der Waals surface area contributed by atoms with Crippen LogP contribution < -0.4 is 4.74 Å². The van der Waals surface area contributed by atoms with Gasteiger partial charge in [-0.3, -0.25) is 0 Å². The predicted octanol–water partition coefficient (Wildman–Crippen LogP) is 3.90. The van der Waals surface area contributed by atoms with Gasteiger partial charge in [0.2, 0.25) is 0 Å². The van der Waals surface area contributed by atoms with Crippen molar-refractivity contribution >= 4 is 11.6 Å². The van der Waals surface area contributed by atoms with E-state index in [0.717, 1.165) is 0 Å². The molecule has 0 bridgehead atoms. The molecule has 2 rings (SSSR count). The Morgan fingerprint density at radius 3 is 2.55 bits per heavy atom. The second-order valence-corrected chi connectivity index (χ2v) is 4.70. The lowest BCUT2D eigenvalue weighted by Gasteiger charge is -2.15. The van der Waals surface area contributed by atoms with Gasteiger partial charge >= 0.3 is 0 Å². The van der Waals surface area contributed by atoms with E-state index in [-0.39, 0.29) is 28.3 Å². The van der Waals surface area contributed by atoms with Crippen molar-refractivity contribution in [2.45, 2.75) is 12.5 Å². The minimum Gasteiger partial charge on any atom is -0.494 e. The second-order valence-electron chi connectivity index (χ2n) is 4.29. The van der Waals surface area contributed by atoms with Crippen molar-refractivity contribution in [1.29, 1.82) is 0 Å². The SMILES string of the molecule is COc1cccc(CC(O)c2c(F)cccc2Cl)c1F. The van der Waals surface area contributed by atoms with E-state index in [2.05, 4.69) is 0 Å². The molecule has 0 aliphatic rings. The molecule has 2 aromatic carbocycles. The summed E-state index contributed by atoms with van der Waals surface area (Å²) in [4.78, 5) is 0. The molecule has 0 radical (unpaired) electrons. The summed E-state index contributed by atoms with van der Waals surface area (Å²) >= 11 is 5.87. The third-order valence-electron chi connectivity index (χ3n) is 3.01. The molecule has 2 nitrogen and oxygen atoms in total. The molecular formula is C15H13ClF2O2. The summed E-state index contributed by atoms with van der Waals surface area (Å²) in [6.07, 6.45) is -1.32. The second kappa shape index (κ2) is 6.20. The van der Waals surface area contributed by atoms with Crippen LogP contribution >= 0.6 is 11.6 Å². The largest absolute Gasteiger partial charge is 0.494 e. The highest BCUT2D eigenvalue weighted by Crippen LogP contribution is 2.30. The van der Waals surface area contributed by atoms with Gasteiger partial charge in [-0.05, 0) is 23.8 Å². The summed E-state index contributed by atoms with van der Waals surface area (Å²) < 4.78 is 32.5. The van der Waals surface area contributed by atoms with Crippen molar-refractivity contribution in [3.05, 3.63) is 64.2 Å². The Morgan fingerprint density at radius 1 is 1.20 bits per heavy atom. The van der Waals surface area contributed by atoms with E-state index >= 15 is 0 Å². The fourth-order valence-corrected chi connectivity index (χ4v) is 2.30. The molecule has 1 atom stereocenters. The van der Waals surface area contributed by atoms with Gasteiger partial charge in [0, 0.05) is 17.0 Å². The van der Waals surface area contributed by atoms with E-state index in [1.54, 1.807) is 6.07 Å². The first-order chi connectivity index (χ1) is 9.54. The number of rotatable bonds is 4. The van der Waals surface area contributed by atoms with Gasteiger partial charge in [-0.1, -0.05) is 29.8 Å². The Kier molecular flexibility index (Phi) is 4.57. The van der Waals surface area contributed by atoms with Crippen LogP contribution in [0.1, 0.15) is 17.2 Å². The highest BCUT2D eigenvalue weighted by molar-refractivity contribution is 6.31. The topological polar surface area (TPSA) is 29.5 Å². The monoisotopic (exact) mass is 298 g/mol. The molecule has 0 heterocycles. The van der Waals surface area contributed by atoms with E-state index in [1.165, 1.54) is 37.4 Å². The van der Waals surface area contributed by atoms with Gasteiger partial charge in [0.05, 0.1) is 13.2 Å². The molecule has 5 heteroatoms. The zero-order valence-corrected chi connectivity index (χ0v) is 11.5. The molecule has 0 saturated carbocycles. The number of aliphatic hydroxyl groups is 1. The van der Waals surface area contributed by atoms with E-state index in [0.29, 0.717) is 0 Å². The number of hydrogen-bond donors (Lipinski definition) is 1. The molecule has 0 amide bonds. The summed E-state index contributed by atoms with van der Waals surface area (Å²) in [5, 5.41) is 10.2. The molecule has 0 saturated heterocycles. The number of hydrogen-bond acceptors (Lipinski definition) is 2. The smallest absolute Gasteiger partial charge is 0.168 e. The molecule has 0 aliphatic carbocycles. The van der Waals surface area contributed by atoms with Gasteiger partial charge in [0.15, 0.2) is 11.6 Å². The standard InChI is InChI=1S/C15H13ClF2O2/c1-20-13-7-2-4-9(15(13)18)8-12(19)14-10(16)5-3-6-11(14)17/h2-7,12,19H,8H2,1H3. The Labute approximate surface area is 120 Å². The summed E-state index contributed by atoms with van der Waals surface area (Å²) in [6.45, 7) is 0. The molecule has 0 aliphatic heterocycles. The number of ether oxygens (including phenoxy) is 1. The Hall–Kier alpha value is -1.65. The average Bonchev–Trinajstić information content (AvgIpc) is 2.41. The molecule has 2 aromatic rings. The first-order valence-corrected chi connectivity index (χ1v) is 6.35. The van der Waals surface area contributed by atoms with Gasteiger partial charge in [0.1, 0.15) is 5.82 Å². The molecule has 106 valence electrons. The Balaban J connectivity index is 2.31. The third kappa shape index (κ3) is 2.92. The number of methoxy groups -OCH3 is 1. The molecule has 0 fully saturated rings. The summed E-state index contributed by atoms with van der Waals surface area (Å²) in [6, 6.07) is 8.71. The van der Waals surface area contributed by atoms with E-state index in [4.69, 9.17) is 16.3 Å². The first kappa shape index (κ1) is 14.8. The van der Waals surface area contributed by atoms with Gasteiger partial charge in [0.25, 0.3) is 0 Å². The molecule has 20 heavy (non-hydrogen) atoms. The van der Waals surface area contributed by atoms with Crippen molar-refractivity contribution in [2.24, 2.45) is 0 Å². The lowest BCUT2D eigenvalue weighted by molar-refractivity contribution is 0.172. The Bertz CT molecular complexity index is 597. The number of benzene rings is 2. The predicted molar refractivity (Wildman–Crippen MR) is 73.0 cm³/mol. The van der Waals surface area contributed by atoms with Crippen molar-refractivity contribution < 1.29 is 18.6 Å². The van der Waals surface area contributed by atoms with Gasteiger partial charge in [-0.25, -0.2) is 8.78 Å². The maximum absolute atomic E-state index is 14.0. The van der Waals surface area contributed by atoms with Crippen LogP contribution in [-0.2, 0) is 6.42 Å². The first-order valence-electron chi connectivity index (χ1n) is 5.98. The van der Waals surface area contributed by atoms with Crippen LogP contribution in [0.4, 0.5) is 8.78 Å². The number of halogens is 3. The molecule has 0 aromatic heterocycles. The zero-order chi connectivity index (χ0) is 14.7. The van der Waals surface area contributed by atoms with Crippen LogP contribution in [0, 0.1) is 11.6 Å². The fraction of sp³-hybridized carbons (Fsp3) is 0.200. The summed E-state index contributed by atoms with van der Waals surface area (Å²) in [7, 11) is 1.35. The van der Waals surface area contributed by atoms with Crippen molar-refractivity contribution in [1.82, 2.24) is 0 Å². The third-order valence-corrected chi connectivity index (χ3v) is 3.34. The quantitative estimate of drug-likeness (QED) is 0.927.